The van der Waals surface area contributed by atoms with Crippen molar-refractivity contribution >= 4 is 17.7 Å². The van der Waals surface area contributed by atoms with Gasteiger partial charge in [0.05, 0.1) is 11.8 Å². The van der Waals surface area contributed by atoms with Gasteiger partial charge in [0, 0.05) is 25.7 Å². The predicted octanol–water partition coefficient (Wildman–Crippen LogP) is 3.46. The summed E-state index contributed by atoms with van der Waals surface area (Å²) in [6.07, 6.45) is 2.63. The molecule has 162 valence electrons. The number of aromatic nitrogens is 4. The highest BCUT2D eigenvalue weighted by atomic mass is 32.2. The highest BCUT2D eigenvalue weighted by molar-refractivity contribution is 7.99. The van der Waals surface area contributed by atoms with Gasteiger partial charge in [-0.25, -0.2) is 4.68 Å². The van der Waals surface area contributed by atoms with Crippen molar-refractivity contribution in [3.63, 3.8) is 0 Å². The van der Waals surface area contributed by atoms with E-state index in [0.29, 0.717) is 17.5 Å². The van der Waals surface area contributed by atoms with Gasteiger partial charge in [0.2, 0.25) is 11.1 Å². The number of nitrogens with one attached hydrogen (secondary N) is 1. The number of hydrogen-bond acceptors (Lipinski definition) is 6. The minimum Gasteiger partial charge on any atom is -0.381 e. The van der Waals surface area contributed by atoms with E-state index in [1.807, 2.05) is 16.8 Å². The van der Waals surface area contributed by atoms with Crippen molar-refractivity contribution < 1.29 is 9.53 Å². The monoisotopic (exact) mass is 437 g/mol. The highest BCUT2D eigenvalue weighted by Gasteiger charge is 2.21. The molecule has 1 fully saturated rings. The van der Waals surface area contributed by atoms with E-state index in [1.165, 1.54) is 22.9 Å². The number of tetrazole rings is 1. The Morgan fingerprint density at radius 2 is 1.71 bits per heavy atom. The third-order valence-corrected chi connectivity index (χ3v) is 6.42. The lowest BCUT2D eigenvalue weighted by Crippen LogP contribution is -2.28. The predicted molar refractivity (Wildman–Crippen MR) is 120 cm³/mol. The quantitative estimate of drug-likeness (QED) is 0.517. The highest BCUT2D eigenvalue weighted by Crippen LogP contribution is 2.28. The van der Waals surface area contributed by atoms with Crippen LogP contribution in [0, 0.1) is 0 Å². The number of hydrogen-bond donors (Lipinski definition) is 1. The first-order valence-electron chi connectivity index (χ1n) is 10.7. The van der Waals surface area contributed by atoms with E-state index in [4.69, 9.17) is 4.74 Å². The largest absolute Gasteiger partial charge is 0.381 e. The van der Waals surface area contributed by atoms with Gasteiger partial charge in [-0.3, -0.25) is 4.79 Å². The summed E-state index contributed by atoms with van der Waals surface area (Å²) in [6, 6.07) is 21.1. The standard InChI is InChI=1S/C23H27N5O2S/c29-22(17-31-23-25-26-27-28(23)20-12-15-30-16-13-20)24-14-11-21(18-7-3-1-4-8-18)19-9-5-2-6-10-19/h1-10,20-21H,11-17H2,(H,24,29). The molecule has 1 amide bonds. The van der Waals surface area contributed by atoms with Crippen molar-refractivity contribution in [1.82, 2.24) is 25.5 Å². The van der Waals surface area contributed by atoms with Crippen LogP contribution in [-0.4, -0.2) is 51.6 Å². The molecule has 0 saturated carbocycles. The van der Waals surface area contributed by atoms with Gasteiger partial charge in [-0.05, 0) is 40.8 Å². The molecule has 7 nitrogen and oxygen atoms in total. The van der Waals surface area contributed by atoms with Crippen LogP contribution in [-0.2, 0) is 9.53 Å². The van der Waals surface area contributed by atoms with Crippen molar-refractivity contribution in [2.24, 2.45) is 0 Å². The Balaban J connectivity index is 1.29. The summed E-state index contributed by atoms with van der Waals surface area (Å²) in [5.41, 5.74) is 2.51. The lowest BCUT2D eigenvalue weighted by atomic mass is 9.88. The Morgan fingerprint density at radius 1 is 1.06 bits per heavy atom. The van der Waals surface area contributed by atoms with E-state index in [1.54, 1.807) is 0 Å². The summed E-state index contributed by atoms with van der Waals surface area (Å²) < 4.78 is 7.25. The van der Waals surface area contributed by atoms with Crippen molar-refractivity contribution in [2.75, 3.05) is 25.5 Å². The van der Waals surface area contributed by atoms with Crippen LogP contribution in [0.1, 0.15) is 42.3 Å². The molecule has 4 rings (SSSR count). The number of amides is 1. The summed E-state index contributed by atoms with van der Waals surface area (Å²) in [6.45, 7) is 2.05. The normalized spacial score (nSPS) is 14.6. The van der Waals surface area contributed by atoms with E-state index in [0.717, 1.165) is 32.5 Å². The molecular formula is C23H27N5O2S. The number of ether oxygens (including phenoxy) is 1. The number of thioether (sulfide) groups is 1. The molecule has 1 N–H and O–H groups in total. The fraction of sp³-hybridized carbons (Fsp3) is 0.391. The van der Waals surface area contributed by atoms with Gasteiger partial charge < -0.3 is 10.1 Å². The van der Waals surface area contributed by atoms with Crippen molar-refractivity contribution in [3.05, 3.63) is 71.8 Å². The van der Waals surface area contributed by atoms with Gasteiger partial charge in [-0.1, -0.05) is 72.4 Å². The van der Waals surface area contributed by atoms with E-state index in [9.17, 15) is 4.79 Å². The van der Waals surface area contributed by atoms with Crippen LogP contribution in [0.15, 0.2) is 65.8 Å². The SMILES string of the molecule is O=C(CSc1nnnn1C1CCOCC1)NCCC(c1ccccc1)c1ccccc1. The van der Waals surface area contributed by atoms with Gasteiger partial charge >= 0.3 is 0 Å². The fourth-order valence-corrected chi connectivity index (χ4v) is 4.65. The zero-order valence-corrected chi connectivity index (χ0v) is 18.2. The molecule has 2 aromatic carbocycles. The zero-order chi connectivity index (χ0) is 21.3. The summed E-state index contributed by atoms with van der Waals surface area (Å²) in [7, 11) is 0. The Kier molecular flexibility index (Phi) is 7.68. The Bertz CT molecular complexity index is 905. The molecule has 0 atom stereocenters. The first-order chi connectivity index (χ1) is 15.3. The molecule has 31 heavy (non-hydrogen) atoms. The van der Waals surface area contributed by atoms with Crippen LogP contribution >= 0.6 is 11.8 Å². The van der Waals surface area contributed by atoms with E-state index in [-0.39, 0.29) is 17.9 Å². The van der Waals surface area contributed by atoms with E-state index < -0.39 is 0 Å². The number of carbonyl (C=O) groups excluding carboxylic acids is 1. The molecule has 1 aliphatic rings. The van der Waals surface area contributed by atoms with Crippen molar-refractivity contribution in [1.29, 1.82) is 0 Å². The number of carbonyl (C=O) groups is 1. The lowest BCUT2D eigenvalue weighted by Gasteiger charge is -2.22. The van der Waals surface area contributed by atoms with Crippen LogP contribution in [0.5, 0.6) is 0 Å². The van der Waals surface area contributed by atoms with Gasteiger partial charge in [0.25, 0.3) is 0 Å². The van der Waals surface area contributed by atoms with Gasteiger partial charge in [-0.15, -0.1) is 5.10 Å². The summed E-state index contributed by atoms with van der Waals surface area (Å²) in [5, 5.41) is 15.8. The minimum atomic E-state index is -0.00796. The second-order valence-corrected chi connectivity index (χ2v) is 8.49. The molecule has 8 heteroatoms. The maximum Gasteiger partial charge on any atom is 0.230 e. The number of benzene rings is 2. The summed E-state index contributed by atoms with van der Waals surface area (Å²) in [5.74, 6) is 0.535. The number of nitrogens with zero attached hydrogens (tertiary/aromatic N) is 4. The molecule has 0 spiro atoms. The molecule has 1 saturated heterocycles. The molecule has 0 radical (unpaired) electrons. The second kappa shape index (κ2) is 11.1. The van der Waals surface area contributed by atoms with Crippen LogP contribution in [0.3, 0.4) is 0 Å². The van der Waals surface area contributed by atoms with Crippen LogP contribution < -0.4 is 5.32 Å². The Morgan fingerprint density at radius 3 is 2.35 bits per heavy atom. The first-order valence-corrected chi connectivity index (χ1v) is 11.6. The van der Waals surface area contributed by atoms with Gasteiger partial charge in [-0.2, -0.15) is 0 Å². The Labute approximate surface area is 186 Å². The third-order valence-electron chi connectivity index (χ3n) is 5.49. The minimum absolute atomic E-state index is 0.00796. The molecule has 0 bridgehead atoms. The molecule has 1 aromatic heterocycles. The molecular weight excluding hydrogens is 410 g/mol. The molecule has 2 heterocycles. The van der Waals surface area contributed by atoms with E-state index >= 15 is 0 Å². The third kappa shape index (κ3) is 5.92. The fourth-order valence-electron chi connectivity index (χ4n) is 3.87. The van der Waals surface area contributed by atoms with Crippen molar-refractivity contribution in [3.8, 4) is 0 Å². The molecule has 0 aliphatic carbocycles. The van der Waals surface area contributed by atoms with Crippen LogP contribution in [0.25, 0.3) is 0 Å². The summed E-state index contributed by atoms with van der Waals surface area (Å²) in [4.78, 5) is 12.5. The first kappa shape index (κ1) is 21.5. The van der Waals surface area contributed by atoms with Gasteiger partial charge in [0.15, 0.2) is 0 Å². The van der Waals surface area contributed by atoms with Gasteiger partial charge in [0.1, 0.15) is 0 Å². The average molecular weight is 438 g/mol. The smallest absolute Gasteiger partial charge is 0.230 e. The number of rotatable bonds is 9. The molecule has 3 aromatic rings. The maximum absolute atomic E-state index is 12.5. The zero-order valence-electron chi connectivity index (χ0n) is 17.4. The van der Waals surface area contributed by atoms with E-state index in [2.05, 4.69) is 69.4 Å². The molecule has 0 unspecified atom stereocenters. The lowest BCUT2D eigenvalue weighted by molar-refractivity contribution is -0.118. The summed E-state index contributed by atoms with van der Waals surface area (Å²) >= 11 is 1.38. The van der Waals surface area contributed by atoms with Crippen molar-refractivity contribution in [2.45, 2.75) is 36.4 Å². The van der Waals surface area contributed by atoms with Crippen LogP contribution in [0.2, 0.25) is 0 Å². The maximum atomic E-state index is 12.5. The average Bonchev–Trinajstić information content (AvgIpc) is 3.31. The van der Waals surface area contributed by atoms with Crippen LogP contribution in [0.4, 0.5) is 0 Å². The Hall–Kier alpha value is -2.71. The second-order valence-electron chi connectivity index (χ2n) is 7.55. The topological polar surface area (TPSA) is 81.9 Å². The molecule has 1 aliphatic heterocycles.